The molecule has 2 amide bonds. The molecule has 1 unspecified atom stereocenters. The molecule has 35 heavy (non-hydrogen) atoms. The highest BCUT2D eigenvalue weighted by atomic mass is 16.6. The molecular formula is C27H35N5O3. The number of anilines is 1. The first kappa shape index (κ1) is 24.7. The van der Waals surface area contributed by atoms with E-state index in [9.17, 15) is 9.59 Å². The fraction of sp³-hybridized carbons (Fsp3) is 0.481. The van der Waals surface area contributed by atoms with Crippen molar-refractivity contribution < 1.29 is 14.3 Å². The Labute approximate surface area is 206 Å². The molecule has 3 aromatic rings. The van der Waals surface area contributed by atoms with Gasteiger partial charge in [0.1, 0.15) is 11.3 Å². The van der Waals surface area contributed by atoms with Crippen LogP contribution in [0.3, 0.4) is 0 Å². The average molecular weight is 478 g/mol. The van der Waals surface area contributed by atoms with Crippen LogP contribution in [0.15, 0.2) is 36.4 Å². The number of hydrogen-bond acceptors (Lipinski definition) is 5. The third-order valence-electron chi connectivity index (χ3n) is 6.22. The first-order valence-electron chi connectivity index (χ1n) is 12.5. The second kappa shape index (κ2) is 10.1. The number of carbonyl (C=O) groups is 2. The normalized spacial score (nSPS) is 16.7. The molecule has 2 aromatic heterocycles. The van der Waals surface area contributed by atoms with Crippen molar-refractivity contribution in [3.05, 3.63) is 47.8 Å². The van der Waals surface area contributed by atoms with Crippen molar-refractivity contribution in [1.82, 2.24) is 19.5 Å². The van der Waals surface area contributed by atoms with Crippen LogP contribution in [0.4, 0.5) is 10.5 Å². The second-order valence-electron chi connectivity index (χ2n) is 10.2. The van der Waals surface area contributed by atoms with Crippen LogP contribution >= 0.6 is 0 Å². The molecule has 1 aliphatic rings. The van der Waals surface area contributed by atoms with Crippen LogP contribution in [0.1, 0.15) is 76.5 Å². The third kappa shape index (κ3) is 5.81. The number of hydrogen-bond donors (Lipinski definition) is 1. The number of rotatable bonds is 4. The SMILES string of the molecule is CCc1cc(C(=O)N2CCCCCC2C)nc2cc(-c3ccc(NC(=O)OC(C)(C)C)cc3)nn12. The number of nitrogens with one attached hydrogen (secondary N) is 1. The molecule has 1 atom stereocenters. The van der Waals surface area contributed by atoms with Gasteiger partial charge in [0.25, 0.3) is 5.91 Å². The van der Waals surface area contributed by atoms with E-state index in [0.29, 0.717) is 17.0 Å². The summed E-state index contributed by atoms with van der Waals surface area (Å²) in [6.07, 6.45) is 4.63. The molecule has 0 spiro atoms. The van der Waals surface area contributed by atoms with Crippen LogP contribution < -0.4 is 5.32 Å². The lowest BCUT2D eigenvalue weighted by molar-refractivity contribution is 0.0634. The zero-order chi connectivity index (χ0) is 25.2. The molecule has 1 fully saturated rings. The van der Waals surface area contributed by atoms with Gasteiger partial charge in [-0.1, -0.05) is 31.9 Å². The Morgan fingerprint density at radius 1 is 1.11 bits per heavy atom. The number of nitrogens with zero attached hydrogens (tertiary/aromatic N) is 4. The molecule has 3 heterocycles. The number of benzene rings is 1. The lowest BCUT2D eigenvalue weighted by Gasteiger charge is -2.27. The van der Waals surface area contributed by atoms with Gasteiger partial charge in [-0.25, -0.2) is 14.3 Å². The van der Waals surface area contributed by atoms with Gasteiger partial charge >= 0.3 is 6.09 Å². The zero-order valence-corrected chi connectivity index (χ0v) is 21.3. The van der Waals surface area contributed by atoms with Gasteiger partial charge in [-0.3, -0.25) is 10.1 Å². The van der Waals surface area contributed by atoms with Crippen molar-refractivity contribution in [2.24, 2.45) is 0 Å². The average Bonchev–Trinajstić information content (AvgIpc) is 3.12. The summed E-state index contributed by atoms with van der Waals surface area (Å²) in [7, 11) is 0. The largest absolute Gasteiger partial charge is 0.444 e. The summed E-state index contributed by atoms with van der Waals surface area (Å²) in [6, 6.07) is 11.4. The fourth-order valence-electron chi connectivity index (χ4n) is 4.41. The molecule has 0 aliphatic carbocycles. The summed E-state index contributed by atoms with van der Waals surface area (Å²) in [4.78, 5) is 32.0. The van der Waals surface area contributed by atoms with Crippen LogP contribution in [-0.4, -0.2) is 49.7 Å². The summed E-state index contributed by atoms with van der Waals surface area (Å²) in [6.45, 7) is 10.4. The van der Waals surface area contributed by atoms with E-state index < -0.39 is 11.7 Å². The first-order chi connectivity index (χ1) is 16.6. The van der Waals surface area contributed by atoms with Crippen molar-refractivity contribution in [1.29, 1.82) is 0 Å². The highest BCUT2D eigenvalue weighted by molar-refractivity contribution is 5.93. The number of carbonyl (C=O) groups excluding carboxylic acids is 2. The molecule has 1 N–H and O–H groups in total. The van der Waals surface area contributed by atoms with E-state index in [0.717, 1.165) is 49.2 Å². The van der Waals surface area contributed by atoms with E-state index in [4.69, 9.17) is 14.8 Å². The van der Waals surface area contributed by atoms with Crippen LogP contribution in [0.2, 0.25) is 0 Å². The molecule has 0 bridgehead atoms. The van der Waals surface area contributed by atoms with Gasteiger partial charge in [-0.2, -0.15) is 5.10 Å². The van der Waals surface area contributed by atoms with Crippen LogP contribution in [-0.2, 0) is 11.2 Å². The minimum absolute atomic E-state index is 0.00285. The summed E-state index contributed by atoms with van der Waals surface area (Å²) < 4.78 is 7.12. The molecule has 0 saturated carbocycles. The second-order valence-corrected chi connectivity index (χ2v) is 10.2. The Morgan fingerprint density at radius 3 is 2.54 bits per heavy atom. The molecule has 4 rings (SSSR count). The number of aromatic nitrogens is 3. The topological polar surface area (TPSA) is 88.8 Å². The fourth-order valence-corrected chi connectivity index (χ4v) is 4.41. The molecule has 8 heteroatoms. The Kier molecular flexibility index (Phi) is 7.10. The Hall–Kier alpha value is -3.42. The Morgan fingerprint density at radius 2 is 1.86 bits per heavy atom. The number of amides is 2. The maximum atomic E-state index is 13.4. The maximum Gasteiger partial charge on any atom is 0.412 e. The predicted octanol–water partition coefficient (Wildman–Crippen LogP) is 5.71. The van der Waals surface area contributed by atoms with Crippen molar-refractivity contribution in [2.75, 3.05) is 11.9 Å². The van der Waals surface area contributed by atoms with Gasteiger partial charge < -0.3 is 9.64 Å². The number of fused-ring (bicyclic) bond motifs is 1. The van der Waals surface area contributed by atoms with E-state index in [1.54, 1.807) is 0 Å². The van der Waals surface area contributed by atoms with Crippen molar-refractivity contribution in [3.63, 3.8) is 0 Å². The highest BCUT2D eigenvalue weighted by Crippen LogP contribution is 2.24. The molecule has 1 aromatic carbocycles. The summed E-state index contributed by atoms with van der Waals surface area (Å²) in [5, 5.41) is 7.49. The standard InChI is InChI=1S/C27H35N5O3/c1-6-21-16-23(25(33)31-15-9-7-8-10-18(31)2)29-24-17-22(30-32(21)24)19-11-13-20(14-12-19)28-26(34)35-27(3,4)5/h11-14,16-18H,6-10,15H2,1-5H3,(H,28,34). The lowest BCUT2D eigenvalue weighted by Crippen LogP contribution is -2.38. The molecule has 8 nitrogen and oxygen atoms in total. The van der Waals surface area contributed by atoms with Gasteiger partial charge in [0.2, 0.25) is 0 Å². The van der Waals surface area contributed by atoms with E-state index in [1.165, 1.54) is 6.42 Å². The molecular weight excluding hydrogens is 442 g/mol. The third-order valence-corrected chi connectivity index (χ3v) is 6.22. The lowest BCUT2D eigenvalue weighted by atomic mass is 10.1. The monoisotopic (exact) mass is 477 g/mol. The van der Waals surface area contributed by atoms with E-state index in [1.807, 2.05) is 66.6 Å². The minimum atomic E-state index is -0.559. The Balaban J connectivity index is 1.58. The van der Waals surface area contributed by atoms with Gasteiger partial charge in [0.15, 0.2) is 5.65 Å². The number of aryl methyl sites for hydroxylation is 1. The number of likely N-dealkylation sites (tertiary alicyclic amines) is 1. The van der Waals surface area contributed by atoms with Crippen molar-refractivity contribution >= 4 is 23.3 Å². The van der Waals surface area contributed by atoms with Crippen LogP contribution in [0, 0.1) is 0 Å². The van der Waals surface area contributed by atoms with Crippen molar-refractivity contribution in [2.45, 2.75) is 78.4 Å². The minimum Gasteiger partial charge on any atom is -0.444 e. The Bertz CT molecular complexity index is 1210. The quantitative estimate of drug-likeness (QED) is 0.520. The first-order valence-corrected chi connectivity index (χ1v) is 12.5. The van der Waals surface area contributed by atoms with Gasteiger partial charge in [-0.05, 0) is 65.2 Å². The summed E-state index contributed by atoms with van der Waals surface area (Å²) in [5.41, 5.74) is 3.79. The smallest absolute Gasteiger partial charge is 0.412 e. The molecule has 186 valence electrons. The number of ether oxygens (including phenoxy) is 1. The van der Waals surface area contributed by atoms with Crippen LogP contribution in [0.25, 0.3) is 16.9 Å². The molecule has 0 radical (unpaired) electrons. The van der Waals surface area contributed by atoms with E-state index >= 15 is 0 Å². The molecule has 1 saturated heterocycles. The van der Waals surface area contributed by atoms with E-state index in [-0.39, 0.29) is 11.9 Å². The van der Waals surface area contributed by atoms with Gasteiger partial charge in [-0.15, -0.1) is 0 Å². The van der Waals surface area contributed by atoms with Gasteiger partial charge in [0.05, 0.1) is 5.69 Å². The van der Waals surface area contributed by atoms with Gasteiger partial charge in [0, 0.05) is 35.6 Å². The summed E-state index contributed by atoms with van der Waals surface area (Å²) >= 11 is 0. The van der Waals surface area contributed by atoms with E-state index in [2.05, 4.69) is 19.2 Å². The predicted molar refractivity (Wildman–Crippen MR) is 137 cm³/mol. The summed E-state index contributed by atoms with van der Waals surface area (Å²) in [5.74, 6) is -0.00285. The van der Waals surface area contributed by atoms with Crippen LogP contribution in [0.5, 0.6) is 0 Å². The maximum absolute atomic E-state index is 13.4. The highest BCUT2D eigenvalue weighted by Gasteiger charge is 2.25. The zero-order valence-electron chi connectivity index (χ0n) is 21.3. The molecule has 1 aliphatic heterocycles. The van der Waals surface area contributed by atoms with Crippen molar-refractivity contribution in [3.8, 4) is 11.3 Å².